The van der Waals surface area contributed by atoms with Crippen LogP contribution in [0.4, 0.5) is 5.69 Å². The Hall–Kier alpha value is -1.66. The number of aromatic nitrogens is 2. The van der Waals surface area contributed by atoms with Crippen LogP contribution >= 0.6 is 11.3 Å². The van der Waals surface area contributed by atoms with Crippen LogP contribution in [0.25, 0.3) is 0 Å². The maximum absolute atomic E-state index is 12.4. The molecule has 116 valence electrons. The van der Waals surface area contributed by atoms with Crippen LogP contribution in [0.2, 0.25) is 0 Å². The van der Waals surface area contributed by atoms with E-state index in [-0.39, 0.29) is 12.0 Å². The number of amides is 1. The highest BCUT2D eigenvalue weighted by Crippen LogP contribution is 2.43. The zero-order chi connectivity index (χ0) is 14.9. The molecule has 1 aliphatic heterocycles. The Bertz CT molecular complexity index is 668. The molecular weight excluding hydrogens is 298 g/mol. The Morgan fingerprint density at radius 1 is 1.45 bits per heavy atom. The summed E-state index contributed by atoms with van der Waals surface area (Å²) < 4.78 is 7.46. The maximum Gasteiger partial charge on any atom is 0.266 e. The summed E-state index contributed by atoms with van der Waals surface area (Å²) in [5.41, 5.74) is 1.95. The predicted molar refractivity (Wildman–Crippen MR) is 85.4 cm³/mol. The van der Waals surface area contributed by atoms with Gasteiger partial charge in [-0.2, -0.15) is 5.10 Å². The highest BCUT2D eigenvalue weighted by atomic mass is 32.1. The number of nitrogens with zero attached hydrogens (tertiary/aromatic N) is 2. The van der Waals surface area contributed by atoms with Gasteiger partial charge in [-0.1, -0.05) is 0 Å². The molecule has 0 radical (unpaired) electrons. The first-order chi connectivity index (χ1) is 10.8. The first kappa shape index (κ1) is 14.0. The smallest absolute Gasteiger partial charge is 0.266 e. The first-order valence-corrected chi connectivity index (χ1v) is 8.70. The number of carbonyl (C=O) groups is 1. The van der Waals surface area contributed by atoms with Crippen LogP contribution in [0.15, 0.2) is 23.8 Å². The zero-order valence-electron chi connectivity index (χ0n) is 12.3. The van der Waals surface area contributed by atoms with Gasteiger partial charge in [-0.15, -0.1) is 11.3 Å². The van der Waals surface area contributed by atoms with Gasteiger partial charge in [0, 0.05) is 12.8 Å². The Kier molecular flexibility index (Phi) is 3.72. The standard InChI is InChI=1S/C16H19N3O2S/c20-16(15-14(5-7-22-15)11-3-4-11)18-12-8-17-19(9-12)10-13-2-1-6-21-13/h5,7-9,11,13H,1-4,6,10H2,(H,18,20)/t13-/m0/s1. The lowest BCUT2D eigenvalue weighted by Crippen LogP contribution is -2.15. The van der Waals surface area contributed by atoms with Crippen LogP contribution in [-0.4, -0.2) is 28.4 Å². The lowest BCUT2D eigenvalue weighted by molar-refractivity contribution is 0.0940. The van der Waals surface area contributed by atoms with E-state index in [0.717, 1.165) is 36.6 Å². The van der Waals surface area contributed by atoms with Gasteiger partial charge < -0.3 is 10.1 Å². The van der Waals surface area contributed by atoms with Crippen LogP contribution in [0.5, 0.6) is 0 Å². The number of carbonyl (C=O) groups excluding carboxylic acids is 1. The monoisotopic (exact) mass is 317 g/mol. The number of anilines is 1. The largest absolute Gasteiger partial charge is 0.376 e. The second-order valence-electron chi connectivity index (χ2n) is 6.02. The van der Waals surface area contributed by atoms with E-state index in [2.05, 4.69) is 16.5 Å². The van der Waals surface area contributed by atoms with Crippen LogP contribution in [0, 0.1) is 0 Å². The Morgan fingerprint density at radius 2 is 2.36 bits per heavy atom. The van der Waals surface area contributed by atoms with E-state index in [1.165, 1.54) is 29.7 Å². The average Bonchev–Trinajstić information content (AvgIpc) is 2.96. The van der Waals surface area contributed by atoms with E-state index in [4.69, 9.17) is 4.74 Å². The third-order valence-corrected chi connectivity index (χ3v) is 5.15. The van der Waals surface area contributed by atoms with Crippen molar-refractivity contribution in [3.05, 3.63) is 34.3 Å². The molecular formula is C16H19N3O2S. The molecule has 5 nitrogen and oxygen atoms in total. The molecule has 1 aliphatic carbocycles. The molecule has 2 aromatic heterocycles. The minimum atomic E-state index is -0.0198. The van der Waals surface area contributed by atoms with Crippen molar-refractivity contribution in [2.24, 2.45) is 0 Å². The fraction of sp³-hybridized carbons (Fsp3) is 0.500. The van der Waals surface area contributed by atoms with Gasteiger partial charge in [0.05, 0.1) is 29.4 Å². The third-order valence-electron chi connectivity index (χ3n) is 4.22. The van der Waals surface area contributed by atoms with Crippen molar-refractivity contribution < 1.29 is 9.53 Å². The van der Waals surface area contributed by atoms with Crippen LogP contribution in [-0.2, 0) is 11.3 Å². The number of rotatable bonds is 5. The molecule has 1 saturated carbocycles. The molecule has 2 fully saturated rings. The Morgan fingerprint density at radius 3 is 3.14 bits per heavy atom. The lowest BCUT2D eigenvalue weighted by Gasteiger charge is -2.08. The third kappa shape index (κ3) is 2.94. The SMILES string of the molecule is O=C(Nc1cnn(C[C@@H]2CCCO2)c1)c1sccc1C1CC1. The van der Waals surface area contributed by atoms with E-state index >= 15 is 0 Å². The maximum atomic E-state index is 12.4. The van der Waals surface area contributed by atoms with Crippen LogP contribution < -0.4 is 5.32 Å². The molecule has 1 N–H and O–H groups in total. The van der Waals surface area contributed by atoms with Gasteiger partial charge >= 0.3 is 0 Å². The van der Waals surface area contributed by atoms with Gasteiger partial charge in [0.15, 0.2) is 0 Å². The predicted octanol–water partition coefficient (Wildman–Crippen LogP) is 3.25. The molecule has 1 saturated heterocycles. The van der Waals surface area contributed by atoms with E-state index in [1.807, 2.05) is 16.3 Å². The highest BCUT2D eigenvalue weighted by molar-refractivity contribution is 7.12. The summed E-state index contributed by atoms with van der Waals surface area (Å²) in [6.45, 7) is 1.60. The van der Waals surface area contributed by atoms with Crippen molar-refractivity contribution in [2.45, 2.75) is 44.2 Å². The number of thiophene rings is 1. The van der Waals surface area contributed by atoms with Crippen molar-refractivity contribution in [1.29, 1.82) is 0 Å². The van der Waals surface area contributed by atoms with Crippen molar-refractivity contribution in [1.82, 2.24) is 9.78 Å². The lowest BCUT2D eigenvalue weighted by atomic mass is 10.1. The highest BCUT2D eigenvalue weighted by Gasteiger charge is 2.29. The molecule has 1 amide bonds. The molecule has 0 aromatic carbocycles. The summed E-state index contributed by atoms with van der Waals surface area (Å²) in [5, 5.41) is 9.27. The molecule has 2 aromatic rings. The van der Waals surface area contributed by atoms with Gasteiger partial charge in [0.2, 0.25) is 0 Å². The first-order valence-electron chi connectivity index (χ1n) is 7.82. The average molecular weight is 317 g/mol. The summed E-state index contributed by atoms with van der Waals surface area (Å²) in [6, 6.07) is 2.08. The van der Waals surface area contributed by atoms with Crippen molar-refractivity contribution in [3.63, 3.8) is 0 Å². The van der Waals surface area contributed by atoms with E-state index in [9.17, 15) is 4.79 Å². The minimum Gasteiger partial charge on any atom is -0.376 e. The number of hydrogen-bond donors (Lipinski definition) is 1. The van der Waals surface area contributed by atoms with E-state index in [1.54, 1.807) is 6.20 Å². The molecule has 22 heavy (non-hydrogen) atoms. The molecule has 1 atom stereocenters. The second kappa shape index (κ2) is 5.85. The normalized spacial score (nSPS) is 21.2. The number of hydrogen-bond acceptors (Lipinski definition) is 4. The Labute approximate surface area is 133 Å². The summed E-state index contributed by atoms with van der Waals surface area (Å²) in [6.07, 6.45) is 8.45. The molecule has 0 unspecified atom stereocenters. The molecule has 3 heterocycles. The minimum absolute atomic E-state index is 0.0198. The van der Waals surface area contributed by atoms with Crippen molar-refractivity contribution in [3.8, 4) is 0 Å². The second-order valence-corrected chi connectivity index (χ2v) is 6.94. The summed E-state index contributed by atoms with van der Waals surface area (Å²) >= 11 is 1.52. The van der Waals surface area contributed by atoms with Crippen molar-refractivity contribution >= 4 is 22.9 Å². The Balaban J connectivity index is 1.41. The van der Waals surface area contributed by atoms with Gasteiger partial charge in [0.1, 0.15) is 0 Å². The summed E-state index contributed by atoms with van der Waals surface area (Å²) in [4.78, 5) is 13.3. The number of ether oxygens (including phenoxy) is 1. The van der Waals surface area contributed by atoms with E-state index < -0.39 is 0 Å². The molecule has 0 spiro atoms. The van der Waals surface area contributed by atoms with Crippen LogP contribution in [0.1, 0.15) is 46.8 Å². The molecule has 2 aliphatic rings. The van der Waals surface area contributed by atoms with Gasteiger partial charge in [0.25, 0.3) is 5.91 Å². The summed E-state index contributed by atoms with van der Waals surface area (Å²) in [5.74, 6) is 0.572. The van der Waals surface area contributed by atoms with Gasteiger partial charge in [-0.05, 0) is 48.6 Å². The topological polar surface area (TPSA) is 56.2 Å². The number of nitrogens with one attached hydrogen (secondary N) is 1. The van der Waals surface area contributed by atoms with E-state index in [0.29, 0.717) is 5.92 Å². The zero-order valence-corrected chi connectivity index (χ0v) is 13.1. The summed E-state index contributed by atoms with van der Waals surface area (Å²) in [7, 11) is 0. The quantitative estimate of drug-likeness (QED) is 0.921. The molecule has 0 bridgehead atoms. The fourth-order valence-electron chi connectivity index (χ4n) is 2.93. The molecule has 4 rings (SSSR count). The van der Waals surface area contributed by atoms with Gasteiger partial charge in [-0.25, -0.2) is 0 Å². The molecule has 6 heteroatoms. The van der Waals surface area contributed by atoms with Crippen molar-refractivity contribution in [2.75, 3.05) is 11.9 Å². The fourth-order valence-corrected chi connectivity index (χ4v) is 3.81. The van der Waals surface area contributed by atoms with Gasteiger partial charge in [-0.3, -0.25) is 9.48 Å². The van der Waals surface area contributed by atoms with Crippen LogP contribution in [0.3, 0.4) is 0 Å².